The van der Waals surface area contributed by atoms with E-state index in [0.717, 1.165) is 12.0 Å². The highest BCUT2D eigenvalue weighted by Crippen LogP contribution is 2.22. The van der Waals surface area contributed by atoms with Crippen molar-refractivity contribution in [1.29, 1.82) is 0 Å². The van der Waals surface area contributed by atoms with Crippen LogP contribution in [0.4, 0.5) is 4.39 Å². The molecule has 1 aliphatic heterocycles. The van der Waals surface area contributed by atoms with E-state index in [1.165, 1.54) is 22.7 Å². The summed E-state index contributed by atoms with van der Waals surface area (Å²) >= 11 is 0. The molecule has 1 saturated heterocycles. The van der Waals surface area contributed by atoms with Gasteiger partial charge in [0, 0.05) is 25.2 Å². The second kappa shape index (κ2) is 6.42. The van der Waals surface area contributed by atoms with Crippen LogP contribution in [0, 0.1) is 11.7 Å². The maximum absolute atomic E-state index is 13.3. The van der Waals surface area contributed by atoms with Crippen LogP contribution in [0.1, 0.15) is 31.9 Å². The second-order valence-corrected chi connectivity index (χ2v) is 7.92. The highest BCUT2D eigenvalue weighted by Gasteiger charge is 2.31. The fourth-order valence-electron chi connectivity index (χ4n) is 2.85. The third-order valence-electron chi connectivity index (χ3n) is 4.15. The van der Waals surface area contributed by atoms with Gasteiger partial charge in [-0.1, -0.05) is 19.1 Å². The lowest BCUT2D eigenvalue weighted by Gasteiger charge is -2.37. The number of halogens is 1. The van der Waals surface area contributed by atoms with Crippen LogP contribution in [-0.4, -0.2) is 38.1 Å². The number of nitrogens with zero attached hydrogens (tertiary/aromatic N) is 1. The Labute approximate surface area is 126 Å². The predicted molar refractivity (Wildman–Crippen MR) is 81.9 cm³/mol. The van der Waals surface area contributed by atoms with Gasteiger partial charge in [0.15, 0.2) is 0 Å². The molecule has 0 bridgehead atoms. The Morgan fingerprint density at radius 1 is 1.43 bits per heavy atom. The third-order valence-corrected chi connectivity index (χ3v) is 5.42. The molecule has 1 aromatic rings. The molecule has 0 spiro atoms. The predicted octanol–water partition coefficient (Wildman–Crippen LogP) is 2.15. The van der Waals surface area contributed by atoms with Crippen LogP contribution in [0.3, 0.4) is 0 Å². The molecule has 0 aliphatic carbocycles. The smallest absolute Gasteiger partial charge is 0.211 e. The van der Waals surface area contributed by atoms with E-state index in [2.05, 4.69) is 5.32 Å². The SMILES string of the molecule is CC(NC1CCN(S(C)(=O)=O)CC1C)c1cccc(F)c1. The number of sulfonamides is 1. The molecular formula is C15H23FN2O2S. The van der Waals surface area contributed by atoms with E-state index in [1.54, 1.807) is 6.07 Å². The minimum atomic E-state index is -3.11. The maximum atomic E-state index is 13.3. The Hall–Kier alpha value is -0.980. The number of benzene rings is 1. The average molecular weight is 314 g/mol. The number of rotatable bonds is 4. The Balaban J connectivity index is 1.98. The standard InChI is InChI=1S/C15H23FN2O2S/c1-11-10-18(21(3,19)20)8-7-15(11)17-12(2)13-5-4-6-14(16)9-13/h4-6,9,11-12,15,17H,7-8,10H2,1-3H3. The van der Waals surface area contributed by atoms with Gasteiger partial charge in [-0.2, -0.15) is 0 Å². The van der Waals surface area contributed by atoms with Crippen molar-refractivity contribution >= 4 is 10.0 Å². The Morgan fingerprint density at radius 3 is 2.71 bits per heavy atom. The molecule has 1 aliphatic rings. The molecule has 3 unspecified atom stereocenters. The van der Waals surface area contributed by atoms with Gasteiger partial charge in [-0.15, -0.1) is 0 Å². The first-order chi connectivity index (χ1) is 9.77. The van der Waals surface area contributed by atoms with E-state index in [9.17, 15) is 12.8 Å². The number of nitrogens with one attached hydrogen (secondary N) is 1. The molecule has 2 rings (SSSR count). The van der Waals surface area contributed by atoms with E-state index in [-0.39, 0.29) is 23.8 Å². The minimum Gasteiger partial charge on any atom is -0.307 e. The Bertz CT molecular complexity index is 591. The fraction of sp³-hybridized carbons (Fsp3) is 0.600. The van der Waals surface area contributed by atoms with Crippen LogP contribution < -0.4 is 5.32 Å². The molecule has 118 valence electrons. The summed E-state index contributed by atoms with van der Waals surface area (Å²) in [6.45, 7) is 5.13. The molecule has 1 aromatic carbocycles. The van der Waals surface area contributed by atoms with E-state index in [0.29, 0.717) is 13.1 Å². The number of hydrogen-bond donors (Lipinski definition) is 1. The van der Waals surface area contributed by atoms with Gasteiger partial charge in [0.05, 0.1) is 6.26 Å². The molecule has 4 nitrogen and oxygen atoms in total. The lowest BCUT2D eigenvalue weighted by molar-refractivity contribution is 0.210. The van der Waals surface area contributed by atoms with Crippen LogP contribution in [0.5, 0.6) is 0 Å². The second-order valence-electron chi connectivity index (χ2n) is 5.94. The molecule has 1 fully saturated rings. The third kappa shape index (κ3) is 4.25. The minimum absolute atomic E-state index is 0.0398. The summed E-state index contributed by atoms with van der Waals surface area (Å²) in [5.74, 6) is -0.00872. The van der Waals surface area contributed by atoms with Gasteiger partial charge in [0.2, 0.25) is 10.0 Å². The van der Waals surface area contributed by atoms with E-state index >= 15 is 0 Å². The van der Waals surface area contributed by atoms with Crippen molar-refractivity contribution in [3.05, 3.63) is 35.6 Å². The van der Waals surface area contributed by atoms with Crippen molar-refractivity contribution in [2.75, 3.05) is 19.3 Å². The van der Waals surface area contributed by atoms with E-state index < -0.39 is 10.0 Å². The monoisotopic (exact) mass is 314 g/mol. The van der Waals surface area contributed by atoms with Crippen molar-refractivity contribution in [2.45, 2.75) is 32.4 Å². The first kappa shape index (κ1) is 16.4. The van der Waals surface area contributed by atoms with Crippen LogP contribution in [-0.2, 0) is 10.0 Å². The summed E-state index contributed by atoms with van der Waals surface area (Å²) in [6, 6.07) is 6.85. The zero-order valence-electron chi connectivity index (χ0n) is 12.7. The highest BCUT2D eigenvalue weighted by molar-refractivity contribution is 7.88. The Morgan fingerprint density at radius 2 is 2.14 bits per heavy atom. The molecule has 0 radical (unpaired) electrons. The zero-order chi connectivity index (χ0) is 15.6. The lowest BCUT2D eigenvalue weighted by Crippen LogP contribution is -2.50. The van der Waals surface area contributed by atoms with Crippen LogP contribution >= 0.6 is 0 Å². The van der Waals surface area contributed by atoms with Gasteiger partial charge in [0.25, 0.3) is 0 Å². The van der Waals surface area contributed by atoms with Crippen LogP contribution in [0.2, 0.25) is 0 Å². The van der Waals surface area contributed by atoms with E-state index in [4.69, 9.17) is 0 Å². The summed E-state index contributed by atoms with van der Waals surface area (Å²) in [5.41, 5.74) is 0.910. The summed E-state index contributed by atoms with van der Waals surface area (Å²) in [6.07, 6.45) is 2.02. The van der Waals surface area contributed by atoms with Gasteiger partial charge in [-0.3, -0.25) is 0 Å². The van der Waals surface area contributed by atoms with Gasteiger partial charge in [-0.05, 0) is 37.0 Å². The summed E-state index contributed by atoms with van der Waals surface area (Å²) < 4.78 is 38.0. The maximum Gasteiger partial charge on any atom is 0.211 e. The quantitative estimate of drug-likeness (QED) is 0.926. The normalized spacial score (nSPS) is 25.7. The van der Waals surface area contributed by atoms with Crippen LogP contribution in [0.15, 0.2) is 24.3 Å². The van der Waals surface area contributed by atoms with Crippen molar-refractivity contribution in [2.24, 2.45) is 5.92 Å². The molecule has 6 heteroatoms. The van der Waals surface area contributed by atoms with E-state index in [1.807, 2.05) is 19.9 Å². The molecule has 1 heterocycles. The van der Waals surface area contributed by atoms with Crippen molar-refractivity contribution in [1.82, 2.24) is 9.62 Å². The topological polar surface area (TPSA) is 49.4 Å². The summed E-state index contributed by atoms with van der Waals surface area (Å²) in [5, 5.41) is 3.50. The van der Waals surface area contributed by atoms with Gasteiger partial charge < -0.3 is 5.32 Å². The summed E-state index contributed by atoms with van der Waals surface area (Å²) in [7, 11) is -3.11. The van der Waals surface area contributed by atoms with Crippen molar-refractivity contribution in [3.63, 3.8) is 0 Å². The average Bonchev–Trinajstić information content (AvgIpc) is 2.39. The fourth-order valence-corrected chi connectivity index (χ4v) is 3.79. The molecular weight excluding hydrogens is 291 g/mol. The Kier molecular flexibility index (Phi) is 5.01. The van der Waals surface area contributed by atoms with Gasteiger partial charge >= 0.3 is 0 Å². The molecule has 1 N–H and O–H groups in total. The number of hydrogen-bond acceptors (Lipinski definition) is 3. The molecule has 0 amide bonds. The molecule has 0 saturated carbocycles. The zero-order valence-corrected chi connectivity index (χ0v) is 13.5. The largest absolute Gasteiger partial charge is 0.307 e. The summed E-state index contributed by atoms with van der Waals surface area (Å²) in [4.78, 5) is 0. The molecule has 21 heavy (non-hydrogen) atoms. The van der Waals surface area contributed by atoms with Crippen molar-refractivity contribution in [3.8, 4) is 0 Å². The first-order valence-electron chi connectivity index (χ1n) is 7.24. The van der Waals surface area contributed by atoms with Crippen molar-refractivity contribution < 1.29 is 12.8 Å². The van der Waals surface area contributed by atoms with Gasteiger partial charge in [-0.25, -0.2) is 17.1 Å². The molecule has 0 aromatic heterocycles. The van der Waals surface area contributed by atoms with Crippen LogP contribution in [0.25, 0.3) is 0 Å². The van der Waals surface area contributed by atoms with Gasteiger partial charge in [0.1, 0.15) is 5.82 Å². The lowest BCUT2D eigenvalue weighted by atomic mass is 9.93. The first-order valence-corrected chi connectivity index (χ1v) is 9.09. The number of piperidine rings is 1. The molecule has 3 atom stereocenters. The highest BCUT2D eigenvalue weighted by atomic mass is 32.2.